The molecule has 0 saturated carbocycles. The Morgan fingerprint density at radius 3 is 2.67 bits per heavy atom. The molecule has 1 amide bonds. The summed E-state index contributed by atoms with van der Waals surface area (Å²) in [6, 6.07) is 16.8. The number of nitrogens with one attached hydrogen (secondary N) is 1. The number of ether oxygens (including phenoxy) is 1. The second-order valence-corrected chi connectivity index (χ2v) is 4.94. The lowest BCUT2D eigenvalue weighted by atomic mass is 10.1. The summed E-state index contributed by atoms with van der Waals surface area (Å²) >= 11 is 0. The van der Waals surface area contributed by atoms with Crippen molar-refractivity contribution in [3.63, 3.8) is 0 Å². The van der Waals surface area contributed by atoms with Crippen LogP contribution >= 0.6 is 0 Å². The molecule has 0 bridgehead atoms. The third-order valence-electron chi connectivity index (χ3n) is 3.19. The van der Waals surface area contributed by atoms with Gasteiger partial charge in [-0.25, -0.2) is 9.59 Å². The van der Waals surface area contributed by atoms with Crippen LogP contribution in [0.4, 0.5) is 10.5 Å². The molecule has 2 rings (SSSR count). The van der Waals surface area contributed by atoms with Gasteiger partial charge >= 0.3 is 6.09 Å². The van der Waals surface area contributed by atoms with E-state index >= 15 is 0 Å². The molecule has 5 nitrogen and oxygen atoms in total. The number of hydrogen-bond donors (Lipinski definition) is 1. The van der Waals surface area contributed by atoms with E-state index in [1.807, 2.05) is 54.6 Å². The van der Waals surface area contributed by atoms with E-state index in [0.717, 1.165) is 11.1 Å². The van der Waals surface area contributed by atoms with Crippen LogP contribution in [0.5, 0.6) is 0 Å². The maximum atomic E-state index is 11.6. The zero-order valence-electron chi connectivity index (χ0n) is 13.1. The lowest BCUT2D eigenvalue weighted by Crippen LogP contribution is -2.24. The number of para-hydroxylation sites is 1. The molecule has 0 radical (unpaired) electrons. The molecule has 0 aliphatic carbocycles. The molecule has 24 heavy (non-hydrogen) atoms. The molecule has 0 unspecified atom stereocenters. The molecule has 0 fully saturated rings. The Hall–Kier alpha value is -3.17. The number of carbonyl (C=O) groups excluding carboxylic acids is 2. The maximum Gasteiger partial charge on any atom is 0.407 e. The number of carbonyl (C=O) groups is 1. The van der Waals surface area contributed by atoms with Crippen molar-refractivity contribution in [2.75, 3.05) is 6.54 Å². The van der Waals surface area contributed by atoms with Crippen molar-refractivity contribution in [1.29, 1.82) is 0 Å². The first-order valence-electron chi connectivity index (χ1n) is 7.57. The van der Waals surface area contributed by atoms with Gasteiger partial charge < -0.3 is 10.1 Å². The SMILES string of the molecule is O=C=Nc1ccccc1C=CCCNC(=O)OCc1ccccc1. The van der Waals surface area contributed by atoms with Gasteiger partial charge in [0.2, 0.25) is 6.08 Å². The number of amides is 1. The van der Waals surface area contributed by atoms with E-state index in [9.17, 15) is 9.59 Å². The number of benzene rings is 2. The molecule has 0 aromatic heterocycles. The zero-order valence-corrected chi connectivity index (χ0v) is 13.1. The summed E-state index contributed by atoms with van der Waals surface area (Å²) in [6.45, 7) is 0.711. The minimum absolute atomic E-state index is 0.250. The van der Waals surface area contributed by atoms with Gasteiger partial charge in [-0.2, -0.15) is 4.99 Å². The number of hydrogen-bond acceptors (Lipinski definition) is 4. The first kappa shape index (κ1) is 17.2. The average Bonchev–Trinajstić information content (AvgIpc) is 2.62. The number of nitrogens with zero attached hydrogens (tertiary/aromatic N) is 1. The Morgan fingerprint density at radius 1 is 1.12 bits per heavy atom. The first-order valence-corrected chi connectivity index (χ1v) is 7.57. The Balaban J connectivity index is 1.71. The molecular weight excluding hydrogens is 304 g/mol. The normalized spacial score (nSPS) is 10.2. The van der Waals surface area contributed by atoms with E-state index in [4.69, 9.17) is 4.74 Å². The zero-order chi connectivity index (χ0) is 17.0. The Labute approximate surface area is 140 Å². The maximum absolute atomic E-state index is 11.6. The molecule has 0 aliphatic heterocycles. The molecule has 0 atom stereocenters. The summed E-state index contributed by atoms with van der Waals surface area (Å²) in [5.41, 5.74) is 2.34. The highest BCUT2D eigenvalue weighted by atomic mass is 16.5. The van der Waals surface area contributed by atoms with E-state index in [0.29, 0.717) is 18.7 Å². The summed E-state index contributed by atoms with van der Waals surface area (Å²) in [7, 11) is 0. The van der Waals surface area contributed by atoms with Crippen LogP contribution in [0.2, 0.25) is 0 Å². The molecule has 0 saturated heterocycles. The second kappa shape index (κ2) is 9.77. The van der Waals surface area contributed by atoms with Gasteiger partial charge in [-0.3, -0.25) is 0 Å². The molecule has 0 aliphatic rings. The van der Waals surface area contributed by atoms with Crippen molar-refractivity contribution in [2.24, 2.45) is 4.99 Å². The summed E-state index contributed by atoms with van der Waals surface area (Å²) < 4.78 is 5.11. The van der Waals surface area contributed by atoms with Gasteiger partial charge in [-0.1, -0.05) is 60.7 Å². The van der Waals surface area contributed by atoms with Crippen molar-refractivity contribution in [1.82, 2.24) is 5.32 Å². The molecule has 122 valence electrons. The fourth-order valence-corrected chi connectivity index (χ4v) is 2.02. The van der Waals surface area contributed by atoms with Crippen molar-refractivity contribution >= 4 is 23.9 Å². The Bertz CT molecular complexity index is 735. The van der Waals surface area contributed by atoms with Gasteiger partial charge in [0.25, 0.3) is 0 Å². The predicted molar refractivity (Wildman–Crippen MR) is 92.5 cm³/mol. The summed E-state index contributed by atoms with van der Waals surface area (Å²) in [6.07, 6.45) is 5.48. The van der Waals surface area contributed by atoms with Gasteiger partial charge in [0.15, 0.2) is 0 Å². The number of aliphatic imine (C=N–C) groups is 1. The fraction of sp³-hybridized carbons (Fsp3) is 0.158. The van der Waals surface area contributed by atoms with Crippen LogP contribution in [0.25, 0.3) is 6.08 Å². The molecule has 2 aromatic rings. The van der Waals surface area contributed by atoms with Crippen LogP contribution < -0.4 is 5.32 Å². The molecule has 0 heterocycles. The highest BCUT2D eigenvalue weighted by molar-refractivity contribution is 5.67. The van der Waals surface area contributed by atoms with Crippen LogP contribution in [0, 0.1) is 0 Å². The Kier molecular flexibility index (Phi) is 7.00. The van der Waals surface area contributed by atoms with Crippen LogP contribution in [0.3, 0.4) is 0 Å². The number of isocyanates is 1. The molecule has 5 heteroatoms. The van der Waals surface area contributed by atoms with Crippen LogP contribution in [0.1, 0.15) is 17.5 Å². The largest absolute Gasteiger partial charge is 0.445 e. The van der Waals surface area contributed by atoms with E-state index in [1.165, 1.54) is 6.08 Å². The molecule has 0 spiro atoms. The van der Waals surface area contributed by atoms with Crippen LogP contribution in [0.15, 0.2) is 65.7 Å². The van der Waals surface area contributed by atoms with Gasteiger partial charge in [0.05, 0.1) is 5.69 Å². The van der Waals surface area contributed by atoms with Crippen molar-refractivity contribution < 1.29 is 14.3 Å². The first-order chi connectivity index (χ1) is 11.8. The second-order valence-electron chi connectivity index (χ2n) is 4.94. The fourth-order valence-electron chi connectivity index (χ4n) is 2.02. The standard InChI is InChI=1S/C19H18N2O3/c22-15-21-18-12-5-4-10-17(18)11-6-7-13-20-19(23)24-14-16-8-2-1-3-9-16/h1-6,8-12H,7,13-14H2,(H,20,23). The minimum Gasteiger partial charge on any atom is -0.445 e. The van der Waals surface area contributed by atoms with Gasteiger partial charge in [0.1, 0.15) is 6.61 Å². The average molecular weight is 322 g/mol. The Morgan fingerprint density at radius 2 is 1.88 bits per heavy atom. The highest BCUT2D eigenvalue weighted by Gasteiger charge is 2.01. The predicted octanol–water partition coefficient (Wildman–Crippen LogP) is 3.98. The molecule has 1 N–H and O–H groups in total. The minimum atomic E-state index is -0.446. The van der Waals surface area contributed by atoms with Crippen molar-refractivity contribution in [3.05, 3.63) is 71.8 Å². The number of alkyl carbamates (subject to hydrolysis) is 1. The summed E-state index contributed by atoms with van der Waals surface area (Å²) in [5.74, 6) is 0. The van der Waals surface area contributed by atoms with E-state index in [1.54, 1.807) is 12.1 Å². The van der Waals surface area contributed by atoms with Crippen molar-refractivity contribution in [2.45, 2.75) is 13.0 Å². The smallest absolute Gasteiger partial charge is 0.407 e. The van der Waals surface area contributed by atoms with Gasteiger partial charge in [-0.05, 0) is 18.1 Å². The van der Waals surface area contributed by atoms with Crippen molar-refractivity contribution in [3.8, 4) is 0 Å². The summed E-state index contributed by atoms with van der Waals surface area (Å²) in [4.78, 5) is 25.6. The lowest BCUT2D eigenvalue weighted by molar-refractivity contribution is 0.140. The highest BCUT2D eigenvalue weighted by Crippen LogP contribution is 2.19. The summed E-state index contributed by atoms with van der Waals surface area (Å²) in [5, 5.41) is 2.68. The van der Waals surface area contributed by atoms with Crippen LogP contribution in [-0.4, -0.2) is 18.7 Å². The van der Waals surface area contributed by atoms with Gasteiger partial charge in [0, 0.05) is 12.1 Å². The molecular formula is C19H18N2O3. The quantitative estimate of drug-likeness (QED) is 0.476. The van der Waals surface area contributed by atoms with Crippen LogP contribution in [-0.2, 0) is 16.1 Å². The van der Waals surface area contributed by atoms with Gasteiger partial charge in [-0.15, -0.1) is 0 Å². The monoisotopic (exact) mass is 322 g/mol. The van der Waals surface area contributed by atoms with E-state index < -0.39 is 6.09 Å². The lowest BCUT2D eigenvalue weighted by Gasteiger charge is -2.06. The third-order valence-corrected chi connectivity index (χ3v) is 3.19. The van der Waals surface area contributed by atoms with E-state index in [-0.39, 0.29) is 6.61 Å². The molecule has 2 aromatic carbocycles. The number of rotatable bonds is 7. The van der Waals surface area contributed by atoms with E-state index in [2.05, 4.69) is 10.3 Å². The third kappa shape index (κ3) is 5.91. The topological polar surface area (TPSA) is 67.8 Å².